The molecule has 0 aromatic carbocycles. The minimum absolute atomic E-state index is 0.507. The number of nitrogens with two attached hydrogens (primary N) is 1. The minimum atomic E-state index is 0.507. The van der Waals surface area contributed by atoms with E-state index in [1.807, 2.05) is 12.3 Å². The highest BCUT2D eigenvalue weighted by molar-refractivity contribution is 5.46. The van der Waals surface area contributed by atoms with Gasteiger partial charge >= 0.3 is 0 Å². The largest absolute Gasteiger partial charge is 0.371 e. The molecule has 3 heteroatoms. The van der Waals surface area contributed by atoms with E-state index in [-0.39, 0.29) is 0 Å². The van der Waals surface area contributed by atoms with Crippen molar-refractivity contribution in [3.8, 4) is 0 Å². The fourth-order valence-corrected chi connectivity index (χ4v) is 1.63. The van der Waals surface area contributed by atoms with Crippen molar-refractivity contribution in [3.05, 3.63) is 24.0 Å². The molecule has 0 aliphatic carbocycles. The Morgan fingerprint density at radius 3 is 2.73 bits per heavy atom. The smallest absolute Gasteiger partial charge is 0.0560 e. The van der Waals surface area contributed by atoms with Crippen molar-refractivity contribution in [1.29, 1.82) is 0 Å². The Bertz CT molecular complexity index is 297. The second kappa shape index (κ2) is 5.71. The molecule has 84 valence electrons. The van der Waals surface area contributed by atoms with Crippen molar-refractivity contribution in [2.75, 3.05) is 18.0 Å². The van der Waals surface area contributed by atoms with Gasteiger partial charge in [-0.25, -0.2) is 0 Å². The van der Waals surface area contributed by atoms with Crippen LogP contribution < -0.4 is 10.6 Å². The molecule has 0 radical (unpaired) electrons. The Labute approximate surface area is 92.3 Å². The van der Waals surface area contributed by atoms with Gasteiger partial charge in [0.05, 0.1) is 5.69 Å². The highest BCUT2D eigenvalue weighted by Crippen LogP contribution is 2.15. The lowest BCUT2D eigenvalue weighted by molar-refractivity contribution is 0.618. The quantitative estimate of drug-likeness (QED) is 0.803. The third-order valence-electron chi connectivity index (χ3n) is 2.34. The van der Waals surface area contributed by atoms with Crippen molar-refractivity contribution >= 4 is 5.69 Å². The van der Waals surface area contributed by atoms with Gasteiger partial charge in [-0.15, -0.1) is 0 Å². The van der Waals surface area contributed by atoms with Gasteiger partial charge in [0.25, 0.3) is 0 Å². The van der Waals surface area contributed by atoms with Crippen LogP contribution in [0.5, 0.6) is 0 Å². The summed E-state index contributed by atoms with van der Waals surface area (Å²) in [6.07, 6.45) is 1.83. The average Bonchev–Trinajstić information content (AvgIpc) is 2.25. The molecule has 3 nitrogen and oxygen atoms in total. The second-order valence-electron chi connectivity index (χ2n) is 4.14. The summed E-state index contributed by atoms with van der Waals surface area (Å²) in [6, 6.07) is 4.12. The molecular formula is C12H21N3. The number of hydrogen-bond donors (Lipinski definition) is 1. The van der Waals surface area contributed by atoms with Crippen LogP contribution in [0.15, 0.2) is 18.3 Å². The fraction of sp³-hybridized carbons (Fsp3) is 0.583. The standard InChI is InChI=1S/C12H21N3/c1-4-15(9-10(2)3)12-5-6-14-11(7-12)8-13/h5-7,10H,4,8-9,13H2,1-3H3. The molecule has 1 aromatic heterocycles. The van der Waals surface area contributed by atoms with Gasteiger partial charge in [-0.05, 0) is 25.0 Å². The lowest BCUT2D eigenvalue weighted by Gasteiger charge is -2.25. The zero-order chi connectivity index (χ0) is 11.3. The van der Waals surface area contributed by atoms with Crippen LogP contribution in [0.1, 0.15) is 26.5 Å². The Kier molecular flexibility index (Phi) is 4.56. The van der Waals surface area contributed by atoms with Crippen LogP contribution in [0.25, 0.3) is 0 Å². The van der Waals surface area contributed by atoms with Gasteiger partial charge in [-0.1, -0.05) is 13.8 Å². The molecule has 0 spiro atoms. The highest BCUT2D eigenvalue weighted by atomic mass is 15.1. The molecule has 0 aliphatic heterocycles. The molecule has 1 heterocycles. The molecule has 0 aliphatic rings. The first-order chi connectivity index (χ1) is 7.17. The zero-order valence-corrected chi connectivity index (χ0v) is 9.90. The zero-order valence-electron chi connectivity index (χ0n) is 9.90. The third kappa shape index (κ3) is 3.51. The van der Waals surface area contributed by atoms with E-state index in [9.17, 15) is 0 Å². The summed E-state index contributed by atoms with van der Waals surface area (Å²) < 4.78 is 0. The fourth-order valence-electron chi connectivity index (χ4n) is 1.63. The van der Waals surface area contributed by atoms with Crippen LogP contribution in [0.2, 0.25) is 0 Å². The van der Waals surface area contributed by atoms with Crippen molar-refractivity contribution in [3.63, 3.8) is 0 Å². The Balaban J connectivity index is 2.81. The van der Waals surface area contributed by atoms with Crippen molar-refractivity contribution in [1.82, 2.24) is 4.98 Å². The SMILES string of the molecule is CCN(CC(C)C)c1ccnc(CN)c1. The summed E-state index contributed by atoms with van der Waals surface area (Å²) in [5, 5.41) is 0. The monoisotopic (exact) mass is 207 g/mol. The van der Waals surface area contributed by atoms with Crippen LogP contribution in [-0.2, 0) is 6.54 Å². The molecule has 1 rings (SSSR count). The van der Waals surface area contributed by atoms with E-state index in [4.69, 9.17) is 5.73 Å². The van der Waals surface area contributed by atoms with Crippen LogP contribution in [0, 0.1) is 5.92 Å². The van der Waals surface area contributed by atoms with Gasteiger partial charge in [0.2, 0.25) is 0 Å². The number of pyridine rings is 1. The lowest BCUT2D eigenvalue weighted by Crippen LogP contribution is -2.27. The summed E-state index contributed by atoms with van der Waals surface area (Å²) in [6.45, 7) is 9.23. The summed E-state index contributed by atoms with van der Waals surface area (Å²) in [4.78, 5) is 6.55. The molecule has 0 unspecified atom stereocenters. The molecule has 0 saturated carbocycles. The van der Waals surface area contributed by atoms with E-state index < -0.39 is 0 Å². The van der Waals surface area contributed by atoms with Gasteiger partial charge in [-0.2, -0.15) is 0 Å². The van der Waals surface area contributed by atoms with Gasteiger partial charge in [0, 0.05) is 31.5 Å². The van der Waals surface area contributed by atoms with Crippen LogP contribution >= 0.6 is 0 Å². The summed E-state index contributed by atoms with van der Waals surface area (Å²) >= 11 is 0. The topological polar surface area (TPSA) is 42.2 Å². The molecule has 0 bridgehead atoms. The van der Waals surface area contributed by atoms with Gasteiger partial charge < -0.3 is 10.6 Å². The molecule has 0 saturated heterocycles. The molecule has 0 fully saturated rings. The first kappa shape index (κ1) is 12.0. The van der Waals surface area contributed by atoms with Crippen LogP contribution in [0.4, 0.5) is 5.69 Å². The van der Waals surface area contributed by atoms with E-state index in [1.54, 1.807) is 0 Å². The summed E-state index contributed by atoms with van der Waals surface area (Å²) in [5.74, 6) is 0.666. The number of rotatable bonds is 5. The van der Waals surface area contributed by atoms with E-state index in [2.05, 4.69) is 36.7 Å². The Hall–Kier alpha value is -1.09. The van der Waals surface area contributed by atoms with E-state index >= 15 is 0 Å². The van der Waals surface area contributed by atoms with Crippen LogP contribution in [-0.4, -0.2) is 18.1 Å². The molecule has 0 amide bonds. The Morgan fingerprint density at radius 2 is 2.20 bits per heavy atom. The van der Waals surface area contributed by atoms with Crippen molar-refractivity contribution < 1.29 is 0 Å². The number of nitrogens with zero attached hydrogens (tertiary/aromatic N) is 2. The highest BCUT2D eigenvalue weighted by Gasteiger charge is 2.06. The van der Waals surface area contributed by atoms with Gasteiger partial charge in [-0.3, -0.25) is 4.98 Å². The molecule has 0 atom stereocenters. The van der Waals surface area contributed by atoms with Gasteiger partial charge in [0.15, 0.2) is 0 Å². The van der Waals surface area contributed by atoms with Crippen molar-refractivity contribution in [2.45, 2.75) is 27.3 Å². The molecule has 2 N–H and O–H groups in total. The van der Waals surface area contributed by atoms with E-state index in [1.165, 1.54) is 5.69 Å². The maximum atomic E-state index is 5.58. The average molecular weight is 207 g/mol. The molecule has 1 aromatic rings. The van der Waals surface area contributed by atoms with E-state index in [0.29, 0.717) is 12.5 Å². The Morgan fingerprint density at radius 1 is 1.47 bits per heavy atom. The molecular weight excluding hydrogens is 186 g/mol. The summed E-state index contributed by atoms with van der Waals surface area (Å²) in [7, 11) is 0. The van der Waals surface area contributed by atoms with E-state index in [0.717, 1.165) is 18.8 Å². The number of anilines is 1. The number of hydrogen-bond acceptors (Lipinski definition) is 3. The normalized spacial score (nSPS) is 10.7. The maximum Gasteiger partial charge on any atom is 0.0560 e. The van der Waals surface area contributed by atoms with Gasteiger partial charge in [0.1, 0.15) is 0 Å². The number of aromatic nitrogens is 1. The maximum absolute atomic E-state index is 5.58. The first-order valence-corrected chi connectivity index (χ1v) is 5.57. The predicted molar refractivity (Wildman–Crippen MR) is 64.9 cm³/mol. The lowest BCUT2D eigenvalue weighted by atomic mass is 10.2. The van der Waals surface area contributed by atoms with Crippen molar-refractivity contribution in [2.24, 2.45) is 11.7 Å². The first-order valence-electron chi connectivity index (χ1n) is 5.57. The molecule has 15 heavy (non-hydrogen) atoms. The van der Waals surface area contributed by atoms with Crippen LogP contribution in [0.3, 0.4) is 0 Å². The predicted octanol–water partition coefficient (Wildman–Crippen LogP) is 2.02. The minimum Gasteiger partial charge on any atom is -0.371 e. The second-order valence-corrected chi connectivity index (χ2v) is 4.14. The summed E-state index contributed by atoms with van der Waals surface area (Å²) in [5.41, 5.74) is 7.76. The third-order valence-corrected chi connectivity index (χ3v) is 2.34.